The Balaban J connectivity index is 2.49. The number of carboxylic acids is 1. The van der Waals surface area contributed by atoms with Crippen LogP contribution in [0.4, 0.5) is 0 Å². The molecule has 0 aromatic heterocycles. The Morgan fingerprint density at radius 2 is 1.86 bits per heavy atom. The van der Waals surface area contributed by atoms with Crippen LogP contribution >= 0.6 is 0 Å². The predicted molar refractivity (Wildman–Crippen MR) is 75.2 cm³/mol. The van der Waals surface area contributed by atoms with E-state index in [-0.39, 0.29) is 31.2 Å². The lowest BCUT2D eigenvalue weighted by Gasteiger charge is -2.26. The van der Waals surface area contributed by atoms with Crippen LogP contribution in [0.2, 0.25) is 0 Å². The fraction of sp³-hybridized carbons (Fsp3) is 0.833. The van der Waals surface area contributed by atoms with Crippen molar-refractivity contribution < 1.29 is 27.9 Å². The summed E-state index contributed by atoms with van der Waals surface area (Å²) in [6.07, 6.45) is -0.254. The second-order valence-electron chi connectivity index (χ2n) is 5.20. The van der Waals surface area contributed by atoms with E-state index in [1.54, 1.807) is 13.8 Å². The van der Waals surface area contributed by atoms with E-state index >= 15 is 0 Å². The van der Waals surface area contributed by atoms with Crippen LogP contribution in [-0.2, 0) is 24.3 Å². The number of hydrogen-bond acceptors (Lipinski definition) is 5. The summed E-state index contributed by atoms with van der Waals surface area (Å²) in [5.74, 6) is -2.31. The van der Waals surface area contributed by atoms with Crippen molar-refractivity contribution >= 4 is 21.9 Å². The van der Waals surface area contributed by atoms with Crippen LogP contribution in [0.5, 0.6) is 0 Å². The van der Waals surface area contributed by atoms with Crippen LogP contribution in [0.1, 0.15) is 20.3 Å². The van der Waals surface area contributed by atoms with Crippen molar-refractivity contribution in [1.29, 1.82) is 0 Å². The number of carbonyl (C=O) groups is 2. The molecule has 0 radical (unpaired) electrons. The van der Waals surface area contributed by atoms with Gasteiger partial charge in [-0.15, -0.1) is 0 Å². The molecule has 0 aromatic rings. The van der Waals surface area contributed by atoms with Crippen LogP contribution in [0.25, 0.3) is 0 Å². The molecule has 0 saturated carbocycles. The minimum absolute atomic E-state index is 0.254. The summed E-state index contributed by atoms with van der Waals surface area (Å²) in [7, 11) is -3.51. The number of carboxylic acid groups (broad SMARTS) is 1. The number of amides is 1. The molecular weight excluding hydrogens is 300 g/mol. The highest BCUT2D eigenvalue weighted by molar-refractivity contribution is 7.89. The zero-order valence-corrected chi connectivity index (χ0v) is 13.1. The van der Waals surface area contributed by atoms with E-state index in [2.05, 4.69) is 5.32 Å². The highest BCUT2D eigenvalue weighted by atomic mass is 32.2. The average molecular weight is 322 g/mol. The van der Waals surface area contributed by atoms with Gasteiger partial charge < -0.3 is 15.2 Å². The third-order valence-corrected chi connectivity index (χ3v) is 5.07. The fourth-order valence-electron chi connectivity index (χ4n) is 1.93. The van der Waals surface area contributed by atoms with Gasteiger partial charge in [0.1, 0.15) is 6.04 Å². The predicted octanol–water partition coefficient (Wildman–Crippen LogP) is -0.736. The molecule has 0 aromatic carbocycles. The first-order valence-corrected chi connectivity index (χ1v) is 8.42. The molecule has 122 valence electrons. The molecule has 1 heterocycles. The molecule has 1 amide bonds. The number of nitrogens with one attached hydrogen (secondary N) is 1. The Morgan fingerprint density at radius 3 is 2.33 bits per heavy atom. The minimum atomic E-state index is -3.51. The standard InChI is InChI=1S/C12H22N2O6S/c1-9(2)11(12(16)17)13-10(15)3-8-21(18,19)14-4-6-20-7-5-14/h9,11H,3-8H2,1-2H3,(H,13,15)(H,16,17). The van der Waals surface area contributed by atoms with Gasteiger partial charge in [-0.25, -0.2) is 13.2 Å². The zero-order chi connectivity index (χ0) is 16.0. The van der Waals surface area contributed by atoms with E-state index in [0.29, 0.717) is 13.2 Å². The maximum absolute atomic E-state index is 12.0. The quantitative estimate of drug-likeness (QED) is 0.638. The van der Waals surface area contributed by atoms with Crippen molar-refractivity contribution in [3.8, 4) is 0 Å². The Morgan fingerprint density at radius 1 is 1.29 bits per heavy atom. The molecule has 1 saturated heterocycles. The molecule has 1 rings (SSSR count). The summed E-state index contributed by atoms with van der Waals surface area (Å²) in [4.78, 5) is 22.7. The number of sulfonamides is 1. The van der Waals surface area contributed by atoms with Crippen molar-refractivity contribution in [3.63, 3.8) is 0 Å². The van der Waals surface area contributed by atoms with Gasteiger partial charge >= 0.3 is 5.97 Å². The smallest absolute Gasteiger partial charge is 0.326 e. The Kier molecular flexibility index (Phi) is 6.56. The Labute approximate surface area is 124 Å². The normalized spacial score (nSPS) is 18.4. The largest absolute Gasteiger partial charge is 0.480 e. The monoisotopic (exact) mass is 322 g/mol. The number of rotatable bonds is 7. The molecular formula is C12H22N2O6S. The highest BCUT2D eigenvalue weighted by Crippen LogP contribution is 2.08. The van der Waals surface area contributed by atoms with Gasteiger partial charge in [0.2, 0.25) is 15.9 Å². The van der Waals surface area contributed by atoms with Gasteiger partial charge in [-0.1, -0.05) is 13.8 Å². The topological polar surface area (TPSA) is 113 Å². The first-order valence-electron chi connectivity index (χ1n) is 6.82. The molecule has 1 aliphatic heterocycles. The SMILES string of the molecule is CC(C)C(NC(=O)CCS(=O)(=O)N1CCOCC1)C(=O)O. The van der Waals surface area contributed by atoms with E-state index in [1.165, 1.54) is 4.31 Å². The molecule has 1 fully saturated rings. The first kappa shape index (κ1) is 17.9. The second kappa shape index (κ2) is 7.71. The van der Waals surface area contributed by atoms with Crippen molar-refractivity contribution in [3.05, 3.63) is 0 Å². The molecule has 1 atom stereocenters. The van der Waals surface area contributed by atoms with E-state index < -0.39 is 27.9 Å². The summed E-state index contributed by atoms with van der Waals surface area (Å²) in [5, 5.41) is 11.3. The first-order chi connectivity index (χ1) is 9.74. The molecule has 21 heavy (non-hydrogen) atoms. The van der Waals surface area contributed by atoms with Gasteiger partial charge in [0, 0.05) is 19.5 Å². The highest BCUT2D eigenvalue weighted by Gasteiger charge is 2.27. The van der Waals surface area contributed by atoms with Crippen LogP contribution in [-0.4, -0.2) is 67.8 Å². The minimum Gasteiger partial charge on any atom is -0.480 e. The van der Waals surface area contributed by atoms with Crippen molar-refractivity contribution in [2.75, 3.05) is 32.1 Å². The van der Waals surface area contributed by atoms with E-state index in [4.69, 9.17) is 9.84 Å². The van der Waals surface area contributed by atoms with Gasteiger partial charge in [-0.05, 0) is 5.92 Å². The molecule has 8 nitrogen and oxygen atoms in total. The van der Waals surface area contributed by atoms with Crippen LogP contribution < -0.4 is 5.32 Å². The molecule has 0 spiro atoms. The van der Waals surface area contributed by atoms with Gasteiger partial charge in [0.05, 0.1) is 19.0 Å². The van der Waals surface area contributed by atoms with Crippen LogP contribution in [0.15, 0.2) is 0 Å². The Bertz CT molecular complexity index is 470. The fourth-order valence-corrected chi connectivity index (χ4v) is 3.34. The zero-order valence-electron chi connectivity index (χ0n) is 12.2. The lowest BCUT2D eigenvalue weighted by molar-refractivity contribution is -0.143. The summed E-state index contributed by atoms with van der Waals surface area (Å²) in [6.45, 7) is 4.61. The van der Waals surface area contributed by atoms with Crippen LogP contribution in [0.3, 0.4) is 0 Å². The van der Waals surface area contributed by atoms with Gasteiger partial charge in [-0.2, -0.15) is 4.31 Å². The number of carbonyl (C=O) groups excluding carboxylic acids is 1. The van der Waals surface area contributed by atoms with Crippen LogP contribution in [0, 0.1) is 5.92 Å². The third kappa shape index (κ3) is 5.60. The summed E-state index contributed by atoms with van der Waals surface area (Å²) < 4.78 is 30.4. The maximum Gasteiger partial charge on any atom is 0.326 e. The van der Waals surface area contributed by atoms with Crippen molar-refractivity contribution in [1.82, 2.24) is 9.62 Å². The molecule has 0 bridgehead atoms. The number of hydrogen-bond donors (Lipinski definition) is 2. The molecule has 1 unspecified atom stereocenters. The summed E-state index contributed by atoms with van der Waals surface area (Å²) in [5.41, 5.74) is 0. The van der Waals surface area contributed by atoms with E-state index in [0.717, 1.165) is 0 Å². The number of ether oxygens (including phenoxy) is 1. The lowest BCUT2D eigenvalue weighted by Crippen LogP contribution is -2.46. The molecule has 1 aliphatic rings. The second-order valence-corrected chi connectivity index (χ2v) is 7.29. The van der Waals surface area contributed by atoms with E-state index in [9.17, 15) is 18.0 Å². The van der Waals surface area contributed by atoms with Gasteiger partial charge in [0.15, 0.2) is 0 Å². The number of nitrogens with zero attached hydrogens (tertiary/aromatic N) is 1. The molecule has 9 heteroatoms. The molecule has 2 N–H and O–H groups in total. The van der Waals surface area contributed by atoms with E-state index in [1.807, 2.05) is 0 Å². The van der Waals surface area contributed by atoms with Crippen molar-refractivity contribution in [2.24, 2.45) is 5.92 Å². The summed E-state index contributed by atoms with van der Waals surface area (Å²) in [6, 6.07) is -1.01. The summed E-state index contributed by atoms with van der Waals surface area (Å²) >= 11 is 0. The third-order valence-electron chi connectivity index (χ3n) is 3.20. The maximum atomic E-state index is 12.0. The number of morpholine rings is 1. The lowest BCUT2D eigenvalue weighted by atomic mass is 10.0. The number of aliphatic carboxylic acids is 1. The molecule has 0 aliphatic carbocycles. The van der Waals surface area contributed by atoms with Crippen molar-refractivity contribution in [2.45, 2.75) is 26.3 Å². The van der Waals surface area contributed by atoms with Gasteiger partial charge in [0.25, 0.3) is 0 Å². The average Bonchev–Trinajstić information content (AvgIpc) is 2.43. The van der Waals surface area contributed by atoms with Gasteiger partial charge in [-0.3, -0.25) is 4.79 Å². The Hall–Kier alpha value is -1.19.